The predicted molar refractivity (Wildman–Crippen MR) is 163 cm³/mol. The summed E-state index contributed by atoms with van der Waals surface area (Å²) in [6, 6.07) is 25.8. The first-order valence-corrected chi connectivity index (χ1v) is 13.9. The van der Waals surface area contributed by atoms with E-state index >= 15 is 0 Å². The van der Waals surface area contributed by atoms with E-state index in [0.717, 1.165) is 16.6 Å². The van der Waals surface area contributed by atoms with Crippen LogP contribution in [-0.2, 0) is 4.79 Å². The van der Waals surface area contributed by atoms with Crippen LogP contribution in [0.5, 0.6) is 0 Å². The van der Waals surface area contributed by atoms with E-state index < -0.39 is 0 Å². The molecule has 0 atom stereocenters. The van der Waals surface area contributed by atoms with Crippen LogP contribution in [0.4, 0.5) is 11.4 Å². The summed E-state index contributed by atoms with van der Waals surface area (Å²) in [5.74, 6) is 1.13. The molecule has 7 nitrogen and oxygen atoms in total. The molecule has 2 aromatic heterocycles. The molecule has 3 aromatic carbocycles. The Hall–Kier alpha value is -4.46. The summed E-state index contributed by atoms with van der Waals surface area (Å²) in [6.07, 6.45) is 3.02. The Morgan fingerprint density at radius 2 is 1.54 bits per heavy atom. The fourth-order valence-electron chi connectivity index (χ4n) is 4.80. The average Bonchev–Trinajstić information content (AvgIpc) is 3.63. The van der Waals surface area contributed by atoms with E-state index in [1.807, 2.05) is 53.4 Å². The molecule has 1 saturated heterocycles. The molecule has 0 radical (unpaired) electrons. The van der Waals surface area contributed by atoms with Gasteiger partial charge < -0.3 is 24.0 Å². The topological polar surface area (TPSA) is 78.9 Å². The summed E-state index contributed by atoms with van der Waals surface area (Å²) in [5, 5.41) is 4.82. The predicted octanol–water partition coefficient (Wildman–Crippen LogP) is 7.61. The van der Waals surface area contributed by atoms with Gasteiger partial charge in [-0.05, 0) is 72.8 Å². The third-order valence-electron chi connectivity index (χ3n) is 6.88. The number of fused-ring (bicyclic) bond motifs is 1. The van der Waals surface area contributed by atoms with Crippen LogP contribution in [0.1, 0.15) is 16.3 Å². The minimum Gasteiger partial charge on any atom is -0.457 e. The lowest BCUT2D eigenvalue weighted by molar-refractivity contribution is -0.111. The molecule has 1 fully saturated rings. The third kappa shape index (κ3) is 6.16. The quantitative estimate of drug-likeness (QED) is 0.207. The van der Waals surface area contributed by atoms with Crippen LogP contribution in [0, 0.1) is 0 Å². The van der Waals surface area contributed by atoms with E-state index in [2.05, 4.69) is 10.2 Å². The van der Waals surface area contributed by atoms with Crippen molar-refractivity contribution < 1.29 is 18.4 Å². The molecule has 0 bridgehead atoms. The molecular weight excluding hydrogens is 561 g/mol. The van der Waals surface area contributed by atoms with Gasteiger partial charge in [0.1, 0.15) is 17.1 Å². The van der Waals surface area contributed by atoms with Gasteiger partial charge >= 0.3 is 0 Å². The van der Waals surface area contributed by atoms with Gasteiger partial charge in [0, 0.05) is 64.6 Å². The van der Waals surface area contributed by atoms with Crippen molar-refractivity contribution in [1.29, 1.82) is 0 Å². The number of carbonyl (C=O) groups excluding carboxylic acids is 2. The van der Waals surface area contributed by atoms with Crippen molar-refractivity contribution in [2.75, 3.05) is 36.4 Å². The van der Waals surface area contributed by atoms with Crippen molar-refractivity contribution in [2.45, 2.75) is 0 Å². The van der Waals surface area contributed by atoms with E-state index in [9.17, 15) is 9.59 Å². The van der Waals surface area contributed by atoms with Crippen molar-refractivity contribution in [1.82, 2.24) is 4.90 Å². The number of anilines is 2. The summed E-state index contributed by atoms with van der Waals surface area (Å²) < 4.78 is 11.6. The monoisotopic (exact) mass is 585 g/mol. The Morgan fingerprint density at radius 3 is 2.27 bits per heavy atom. The maximum atomic E-state index is 12.9. The van der Waals surface area contributed by atoms with Crippen molar-refractivity contribution in [3.63, 3.8) is 0 Å². The van der Waals surface area contributed by atoms with E-state index in [1.165, 1.54) is 6.08 Å². The summed E-state index contributed by atoms with van der Waals surface area (Å²) >= 11 is 12.2. The Kier molecular flexibility index (Phi) is 7.55. The van der Waals surface area contributed by atoms with E-state index in [-0.39, 0.29) is 11.8 Å². The smallest absolute Gasteiger partial charge is 0.289 e. The highest BCUT2D eigenvalue weighted by Crippen LogP contribution is 2.29. The van der Waals surface area contributed by atoms with Crippen LogP contribution in [0.3, 0.4) is 0 Å². The van der Waals surface area contributed by atoms with Crippen molar-refractivity contribution >= 4 is 63.4 Å². The molecule has 206 valence electrons. The summed E-state index contributed by atoms with van der Waals surface area (Å²) in [5.41, 5.74) is 3.17. The van der Waals surface area contributed by atoms with Crippen LogP contribution in [0.2, 0.25) is 10.0 Å². The first-order valence-electron chi connectivity index (χ1n) is 13.1. The zero-order valence-corrected chi connectivity index (χ0v) is 23.4. The van der Waals surface area contributed by atoms with Crippen LogP contribution in [-0.4, -0.2) is 42.9 Å². The number of para-hydroxylation sites is 1. The molecule has 6 rings (SSSR count). The number of hydrogen-bond acceptors (Lipinski definition) is 5. The first kappa shape index (κ1) is 26.7. The van der Waals surface area contributed by atoms with Crippen LogP contribution >= 0.6 is 23.2 Å². The lowest BCUT2D eigenvalue weighted by Gasteiger charge is -2.35. The second kappa shape index (κ2) is 11.6. The standard InChI is InChI=1S/C32H25Cl2N3O4/c33-23-17-22(18-24(34)20-23)29-11-9-27(40-29)10-12-31(38)35-25-5-7-26(8-6-25)36-13-15-37(16-14-36)32(39)30-19-21-3-1-2-4-28(21)41-30/h1-12,17-20H,13-16H2,(H,35,38)/b12-10+. The number of halogens is 2. The number of nitrogens with zero attached hydrogens (tertiary/aromatic N) is 2. The highest BCUT2D eigenvalue weighted by molar-refractivity contribution is 6.35. The van der Waals surface area contributed by atoms with Crippen molar-refractivity contribution in [3.8, 4) is 11.3 Å². The van der Waals surface area contributed by atoms with Gasteiger partial charge in [0.2, 0.25) is 5.91 Å². The molecule has 0 spiro atoms. The summed E-state index contributed by atoms with van der Waals surface area (Å²) in [4.78, 5) is 29.5. The highest BCUT2D eigenvalue weighted by atomic mass is 35.5. The molecule has 3 heterocycles. The molecule has 5 aromatic rings. The Bertz CT molecular complexity index is 1700. The number of amides is 2. The second-order valence-corrected chi connectivity index (χ2v) is 10.5. The zero-order chi connectivity index (χ0) is 28.3. The molecular formula is C32H25Cl2N3O4. The normalized spacial score (nSPS) is 13.7. The lowest BCUT2D eigenvalue weighted by atomic mass is 10.2. The van der Waals surface area contributed by atoms with Gasteiger partial charge in [-0.15, -0.1) is 0 Å². The SMILES string of the molecule is O=C(/C=C/c1ccc(-c2cc(Cl)cc(Cl)c2)o1)Nc1ccc(N2CCN(C(=O)c3cc4ccccc4o3)CC2)cc1. The molecule has 9 heteroatoms. The fourth-order valence-corrected chi connectivity index (χ4v) is 5.33. The number of carbonyl (C=O) groups is 2. The van der Waals surface area contributed by atoms with E-state index in [0.29, 0.717) is 64.8 Å². The molecule has 1 aliphatic rings. The molecule has 0 unspecified atom stereocenters. The Labute approximate surface area is 246 Å². The molecule has 1 aliphatic heterocycles. The van der Waals surface area contributed by atoms with Gasteiger partial charge in [0.25, 0.3) is 5.91 Å². The number of piperazine rings is 1. The number of rotatable bonds is 6. The highest BCUT2D eigenvalue weighted by Gasteiger charge is 2.24. The van der Waals surface area contributed by atoms with Crippen molar-refractivity contribution in [3.05, 3.63) is 113 Å². The minimum absolute atomic E-state index is 0.0911. The number of benzene rings is 3. The van der Waals surface area contributed by atoms with Gasteiger partial charge in [-0.25, -0.2) is 0 Å². The molecule has 2 amide bonds. The van der Waals surface area contributed by atoms with Crippen LogP contribution in [0.15, 0.2) is 99.8 Å². The van der Waals surface area contributed by atoms with Gasteiger partial charge in [-0.1, -0.05) is 41.4 Å². The number of furan rings is 2. The number of nitrogens with one attached hydrogen (secondary N) is 1. The van der Waals surface area contributed by atoms with Gasteiger partial charge in [0.05, 0.1) is 0 Å². The Balaban J connectivity index is 1.01. The minimum atomic E-state index is -0.279. The second-order valence-electron chi connectivity index (χ2n) is 9.66. The fraction of sp³-hybridized carbons (Fsp3) is 0.125. The van der Waals surface area contributed by atoms with Crippen LogP contribution in [0.25, 0.3) is 28.4 Å². The average molecular weight is 586 g/mol. The van der Waals surface area contributed by atoms with E-state index in [4.69, 9.17) is 32.0 Å². The van der Waals surface area contributed by atoms with Gasteiger partial charge in [0.15, 0.2) is 5.76 Å². The number of hydrogen-bond donors (Lipinski definition) is 1. The maximum absolute atomic E-state index is 12.9. The van der Waals surface area contributed by atoms with E-state index in [1.54, 1.807) is 42.5 Å². The molecule has 0 saturated carbocycles. The van der Waals surface area contributed by atoms with Crippen molar-refractivity contribution in [2.24, 2.45) is 0 Å². The summed E-state index contributed by atoms with van der Waals surface area (Å²) in [7, 11) is 0. The van der Waals surface area contributed by atoms with Crippen LogP contribution < -0.4 is 10.2 Å². The Morgan fingerprint density at radius 1 is 0.805 bits per heavy atom. The maximum Gasteiger partial charge on any atom is 0.289 e. The molecule has 0 aliphatic carbocycles. The molecule has 1 N–H and O–H groups in total. The molecule has 41 heavy (non-hydrogen) atoms. The third-order valence-corrected chi connectivity index (χ3v) is 7.31. The zero-order valence-electron chi connectivity index (χ0n) is 21.8. The largest absolute Gasteiger partial charge is 0.457 e. The summed E-state index contributed by atoms with van der Waals surface area (Å²) in [6.45, 7) is 2.59. The van der Waals surface area contributed by atoms with Gasteiger partial charge in [-0.2, -0.15) is 0 Å². The first-order chi connectivity index (χ1) is 19.9. The van der Waals surface area contributed by atoms with Gasteiger partial charge in [-0.3, -0.25) is 9.59 Å². The lowest BCUT2D eigenvalue weighted by Crippen LogP contribution is -2.48.